The molecule has 2 aromatic carbocycles. The van der Waals surface area contributed by atoms with E-state index in [0.717, 1.165) is 17.0 Å². The van der Waals surface area contributed by atoms with Crippen LogP contribution in [0.3, 0.4) is 0 Å². The first kappa shape index (κ1) is 20.0. The summed E-state index contributed by atoms with van der Waals surface area (Å²) >= 11 is 0. The van der Waals surface area contributed by atoms with Gasteiger partial charge in [-0.1, -0.05) is 19.9 Å². The summed E-state index contributed by atoms with van der Waals surface area (Å²) in [5.74, 6) is -2.62. The largest absolute Gasteiger partial charge is 0.311 e. The maximum atomic E-state index is 13.4. The average Bonchev–Trinajstić information content (AvgIpc) is 2.63. The number of hydrogen-bond donors (Lipinski definition) is 0. The Balaban J connectivity index is 2.37. The first-order valence-electron chi connectivity index (χ1n) is 8.05. The lowest BCUT2D eigenvalue weighted by Gasteiger charge is -2.20. The van der Waals surface area contributed by atoms with Gasteiger partial charge in [0.05, 0.1) is 4.90 Å². The Kier molecular flexibility index (Phi) is 6.09. The summed E-state index contributed by atoms with van der Waals surface area (Å²) in [6.45, 7) is 4.08. The van der Waals surface area contributed by atoms with Gasteiger partial charge in [-0.3, -0.25) is 4.79 Å². The molecule has 0 atom stereocenters. The van der Waals surface area contributed by atoms with Gasteiger partial charge in [0.1, 0.15) is 0 Å². The Hall–Kier alpha value is -2.32. The van der Waals surface area contributed by atoms with E-state index in [1.807, 2.05) is 0 Å². The molecule has 0 fully saturated rings. The Morgan fingerprint density at radius 3 is 2.23 bits per heavy atom. The van der Waals surface area contributed by atoms with E-state index in [4.69, 9.17) is 0 Å². The summed E-state index contributed by atoms with van der Waals surface area (Å²) in [6.07, 6.45) is 0. The molecule has 0 radical (unpaired) electrons. The van der Waals surface area contributed by atoms with Crippen molar-refractivity contribution in [3.05, 3.63) is 59.7 Å². The molecule has 0 saturated carbocycles. The van der Waals surface area contributed by atoms with Crippen LogP contribution in [0.15, 0.2) is 47.4 Å². The molecule has 5 nitrogen and oxygen atoms in total. The fraction of sp³-hybridized carbons (Fsp3) is 0.278. The molecular weight excluding hydrogens is 362 g/mol. The van der Waals surface area contributed by atoms with Crippen LogP contribution >= 0.6 is 0 Å². The molecule has 0 aliphatic heterocycles. The van der Waals surface area contributed by atoms with Crippen LogP contribution in [-0.4, -0.2) is 38.8 Å². The van der Waals surface area contributed by atoms with Crippen molar-refractivity contribution in [3.8, 4) is 0 Å². The number of sulfonamides is 1. The minimum Gasteiger partial charge on any atom is -0.311 e. The Labute approximate surface area is 151 Å². The Bertz CT molecular complexity index is 912. The first-order chi connectivity index (χ1) is 12.2. The monoisotopic (exact) mass is 382 g/mol. The van der Waals surface area contributed by atoms with Gasteiger partial charge in [0.15, 0.2) is 11.6 Å². The molecule has 0 bridgehead atoms. The smallest absolute Gasteiger partial charge is 0.258 e. The Morgan fingerprint density at radius 2 is 1.65 bits per heavy atom. The van der Waals surface area contributed by atoms with Gasteiger partial charge >= 0.3 is 0 Å². The molecule has 0 heterocycles. The lowest BCUT2D eigenvalue weighted by atomic mass is 10.2. The molecule has 0 saturated heterocycles. The minimum absolute atomic E-state index is 0.00531. The van der Waals surface area contributed by atoms with Crippen LogP contribution in [0.2, 0.25) is 0 Å². The van der Waals surface area contributed by atoms with Gasteiger partial charge in [-0.15, -0.1) is 0 Å². The molecule has 0 spiro atoms. The van der Waals surface area contributed by atoms with Crippen molar-refractivity contribution in [3.63, 3.8) is 0 Å². The van der Waals surface area contributed by atoms with Gasteiger partial charge in [-0.2, -0.15) is 4.31 Å². The third-order valence-corrected chi connectivity index (χ3v) is 6.07. The second kappa shape index (κ2) is 7.92. The van der Waals surface area contributed by atoms with Crippen LogP contribution in [-0.2, 0) is 10.0 Å². The summed E-state index contributed by atoms with van der Waals surface area (Å²) in [4.78, 5) is 13.8. The summed E-state index contributed by atoms with van der Waals surface area (Å²) in [6, 6.07) is 8.75. The van der Waals surface area contributed by atoms with E-state index in [9.17, 15) is 22.0 Å². The SMILES string of the molecule is CCN(CC)S(=O)(=O)c1cccc(C(=O)N(C)c2ccc(F)c(F)c2)c1. The standard InChI is InChI=1S/C18H20F2N2O3S/c1-4-22(5-2)26(24,25)15-8-6-7-13(11-15)18(23)21(3)14-9-10-16(19)17(20)12-14/h6-12H,4-5H2,1-3H3. The molecule has 0 aliphatic carbocycles. The summed E-state index contributed by atoms with van der Waals surface area (Å²) < 4.78 is 52.9. The van der Waals surface area contributed by atoms with Crippen molar-refractivity contribution in [2.45, 2.75) is 18.7 Å². The summed E-state index contributed by atoms with van der Waals surface area (Å²) in [5.41, 5.74) is 0.288. The quantitative estimate of drug-likeness (QED) is 0.770. The van der Waals surface area contributed by atoms with E-state index < -0.39 is 27.6 Å². The number of carbonyl (C=O) groups is 1. The van der Waals surface area contributed by atoms with E-state index in [1.165, 1.54) is 41.7 Å². The van der Waals surface area contributed by atoms with E-state index in [-0.39, 0.29) is 16.1 Å². The van der Waals surface area contributed by atoms with Crippen LogP contribution in [0.4, 0.5) is 14.5 Å². The highest BCUT2D eigenvalue weighted by Crippen LogP contribution is 2.21. The molecule has 0 aromatic heterocycles. The number of nitrogens with zero attached hydrogens (tertiary/aromatic N) is 2. The zero-order valence-corrected chi connectivity index (χ0v) is 15.6. The molecule has 2 rings (SSSR count). The second-order valence-corrected chi connectivity index (χ2v) is 7.52. The predicted molar refractivity (Wildman–Crippen MR) is 95.6 cm³/mol. The third-order valence-electron chi connectivity index (χ3n) is 4.02. The molecule has 0 unspecified atom stereocenters. The molecule has 0 aliphatic rings. The molecule has 0 N–H and O–H groups in total. The molecule has 8 heteroatoms. The second-order valence-electron chi connectivity index (χ2n) is 5.58. The van der Waals surface area contributed by atoms with Crippen molar-refractivity contribution >= 4 is 21.6 Å². The first-order valence-corrected chi connectivity index (χ1v) is 9.49. The predicted octanol–water partition coefficient (Wildman–Crippen LogP) is 3.27. The maximum absolute atomic E-state index is 13.4. The Morgan fingerprint density at radius 1 is 1.00 bits per heavy atom. The van der Waals surface area contributed by atoms with E-state index >= 15 is 0 Å². The number of anilines is 1. The number of benzene rings is 2. The van der Waals surface area contributed by atoms with Crippen LogP contribution in [0.1, 0.15) is 24.2 Å². The van der Waals surface area contributed by atoms with E-state index in [0.29, 0.717) is 13.1 Å². The number of rotatable bonds is 6. The lowest BCUT2D eigenvalue weighted by Crippen LogP contribution is -2.31. The molecule has 26 heavy (non-hydrogen) atoms. The normalized spacial score (nSPS) is 11.6. The van der Waals surface area contributed by atoms with Gasteiger partial charge in [-0.05, 0) is 30.3 Å². The van der Waals surface area contributed by atoms with Gasteiger partial charge in [0, 0.05) is 37.5 Å². The number of hydrogen-bond acceptors (Lipinski definition) is 3. The zero-order valence-electron chi connectivity index (χ0n) is 14.7. The summed E-state index contributed by atoms with van der Waals surface area (Å²) in [7, 11) is -2.30. The van der Waals surface area contributed by atoms with Crippen LogP contribution < -0.4 is 4.90 Å². The zero-order chi connectivity index (χ0) is 19.5. The van der Waals surface area contributed by atoms with Crippen molar-refractivity contribution in [1.29, 1.82) is 0 Å². The third kappa shape index (κ3) is 3.91. The average molecular weight is 382 g/mol. The highest BCUT2D eigenvalue weighted by Gasteiger charge is 2.23. The van der Waals surface area contributed by atoms with Crippen LogP contribution in [0.25, 0.3) is 0 Å². The van der Waals surface area contributed by atoms with Crippen molar-refractivity contribution < 1.29 is 22.0 Å². The number of carbonyl (C=O) groups excluding carboxylic acids is 1. The molecule has 140 valence electrons. The lowest BCUT2D eigenvalue weighted by molar-refractivity contribution is 0.0992. The topological polar surface area (TPSA) is 57.7 Å². The molecule has 2 aromatic rings. The minimum atomic E-state index is -3.71. The van der Waals surface area contributed by atoms with Crippen molar-refractivity contribution in [2.24, 2.45) is 0 Å². The summed E-state index contributed by atoms with van der Waals surface area (Å²) in [5, 5.41) is 0. The molecule has 1 amide bonds. The molecular formula is C18H20F2N2O3S. The van der Waals surface area contributed by atoms with Gasteiger partial charge in [0.2, 0.25) is 10.0 Å². The highest BCUT2D eigenvalue weighted by atomic mass is 32.2. The number of halogens is 2. The highest BCUT2D eigenvalue weighted by molar-refractivity contribution is 7.89. The van der Waals surface area contributed by atoms with Crippen molar-refractivity contribution in [2.75, 3.05) is 25.0 Å². The number of amides is 1. The van der Waals surface area contributed by atoms with Gasteiger partial charge in [0.25, 0.3) is 5.91 Å². The fourth-order valence-corrected chi connectivity index (χ4v) is 4.01. The van der Waals surface area contributed by atoms with E-state index in [1.54, 1.807) is 13.8 Å². The van der Waals surface area contributed by atoms with Crippen LogP contribution in [0, 0.1) is 11.6 Å². The van der Waals surface area contributed by atoms with Gasteiger partial charge in [-0.25, -0.2) is 17.2 Å². The maximum Gasteiger partial charge on any atom is 0.258 e. The van der Waals surface area contributed by atoms with Crippen LogP contribution in [0.5, 0.6) is 0 Å². The van der Waals surface area contributed by atoms with Crippen molar-refractivity contribution in [1.82, 2.24) is 4.31 Å². The van der Waals surface area contributed by atoms with Gasteiger partial charge < -0.3 is 4.90 Å². The van der Waals surface area contributed by atoms with E-state index in [2.05, 4.69) is 0 Å². The fourth-order valence-electron chi connectivity index (χ4n) is 2.51.